The summed E-state index contributed by atoms with van der Waals surface area (Å²) in [4.78, 5) is 6.66. The lowest BCUT2D eigenvalue weighted by atomic mass is 10.1. The first-order valence-corrected chi connectivity index (χ1v) is 5.91. The van der Waals surface area contributed by atoms with E-state index in [0.29, 0.717) is 5.38 Å². The molecule has 0 aliphatic carbocycles. The standard InChI is InChI=1S/C9H13ClN2S/c10-8-2-1-4-12(6-8)7-9-11-3-5-13-9/h3,5,8H,1-2,4,6-7H2. The molecule has 1 aliphatic rings. The summed E-state index contributed by atoms with van der Waals surface area (Å²) < 4.78 is 0. The van der Waals surface area contributed by atoms with Crippen LogP contribution in [0.25, 0.3) is 0 Å². The van der Waals surface area contributed by atoms with Gasteiger partial charge in [0, 0.05) is 23.5 Å². The Balaban J connectivity index is 1.87. The van der Waals surface area contributed by atoms with Crippen molar-refractivity contribution in [3.63, 3.8) is 0 Å². The van der Waals surface area contributed by atoms with Gasteiger partial charge in [0.1, 0.15) is 5.01 Å². The second-order valence-electron chi connectivity index (χ2n) is 3.40. The van der Waals surface area contributed by atoms with Crippen molar-refractivity contribution < 1.29 is 0 Å². The van der Waals surface area contributed by atoms with Crippen molar-refractivity contribution in [1.82, 2.24) is 9.88 Å². The molecule has 72 valence electrons. The Hall–Kier alpha value is -0.120. The van der Waals surface area contributed by atoms with Gasteiger partial charge in [0.2, 0.25) is 0 Å². The molecule has 4 heteroatoms. The van der Waals surface area contributed by atoms with Crippen LogP contribution in [0.2, 0.25) is 0 Å². The highest BCUT2D eigenvalue weighted by Gasteiger charge is 2.18. The van der Waals surface area contributed by atoms with Crippen LogP contribution in [0.1, 0.15) is 17.8 Å². The maximum absolute atomic E-state index is 6.09. The molecule has 0 spiro atoms. The molecule has 1 fully saturated rings. The van der Waals surface area contributed by atoms with Crippen LogP contribution in [-0.4, -0.2) is 28.4 Å². The molecule has 1 aromatic rings. The van der Waals surface area contributed by atoms with Crippen LogP contribution >= 0.6 is 22.9 Å². The molecule has 1 saturated heterocycles. The Labute approximate surface area is 87.5 Å². The van der Waals surface area contributed by atoms with Crippen molar-refractivity contribution in [3.8, 4) is 0 Å². The third-order valence-electron chi connectivity index (χ3n) is 2.29. The molecule has 0 saturated carbocycles. The minimum Gasteiger partial charge on any atom is -0.295 e. The number of hydrogen-bond donors (Lipinski definition) is 0. The van der Waals surface area contributed by atoms with E-state index in [9.17, 15) is 0 Å². The maximum atomic E-state index is 6.09. The average Bonchev–Trinajstić information content (AvgIpc) is 2.57. The molecule has 2 heterocycles. The maximum Gasteiger partial charge on any atom is 0.107 e. The monoisotopic (exact) mass is 216 g/mol. The van der Waals surface area contributed by atoms with Crippen LogP contribution in [-0.2, 0) is 6.54 Å². The van der Waals surface area contributed by atoms with Crippen molar-refractivity contribution >= 4 is 22.9 Å². The first-order valence-electron chi connectivity index (χ1n) is 4.59. The Morgan fingerprint density at radius 1 is 1.69 bits per heavy atom. The molecule has 2 rings (SSSR count). The van der Waals surface area contributed by atoms with Crippen molar-refractivity contribution in [3.05, 3.63) is 16.6 Å². The van der Waals surface area contributed by atoms with Crippen LogP contribution in [0.3, 0.4) is 0 Å². The molecule has 0 radical (unpaired) electrons. The molecular formula is C9H13ClN2S. The fourth-order valence-corrected chi connectivity index (χ4v) is 2.67. The molecule has 0 bridgehead atoms. The molecule has 1 aliphatic heterocycles. The number of nitrogens with zero attached hydrogens (tertiary/aromatic N) is 2. The van der Waals surface area contributed by atoms with Gasteiger partial charge >= 0.3 is 0 Å². The normalized spacial score (nSPS) is 24.8. The minimum atomic E-state index is 0.341. The van der Waals surface area contributed by atoms with Crippen LogP contribution in [0, 0.1) is 0 Å². The van der Waals surface area contributed by atoms with Gasteiger partial charge in [0.25, 0.3) is 0 Å². The molecule has 0 amide bonds. The Bertz CT molecular complexity index is 250. The average molecular weight is 217 g/mol. The summed E-state index contributed by atoms with van der Waals surface area (Å²) >= 11 is 7.81. The largest absolute Gasteiger partial charge is 0.295 e. The van der Waals surface area contributed by atoms with Crippen LogP contribution in [0.4, 0.5) is 0 Å². The van der Waals surface area contributed by atoms with Gasteiger partial charge in [-0.3, -0.25) is 4.90 Å². The summed E-state index contributed by atoms with van der Waals surface area (Å²) in [5.74, 6) is 0. The number of alkyl halides is 1. The number of rotatable bonds is 2. The summed E-state index contributed by atoms with van der Waals surface area (Å²) in [7, 11) is 0. The predicted octanol–water partition coefficient (Wildman–Crippen LogP) is 2.35. The SMILES string of the molecule is ClC1CCCN(Cc2nccs2)C1. The van der Waals surface area contributed by atoms with Crippen molar-refractivity contribution in [2.24, 2.45) is 0 Å². The van der Waals surface area contributed by atoms with E-state index in [1.165, 1.54) is 18.0 Å². The fourth-order valence-electron chi connectivity index (χ4n) is 1.67. The molecule has 2 nitrogen and oxygen atoms in total. The number of halogens is 1. The van der Waals surface area contributed by atoms with Gasteiger partial charge in [0.05, 0.1) is 6.54 Å². The first-order chi connectivity index (χ1) is 6.34. The Kier molecular flexibility index (Phi) is 3.19. The van der Waals surface area contributed by atoms with E-state index in [4.69, 9.17) is 11.6 Å². The number of thiazole rings is 1. The van der Waals surface area contributed by atoms with Crippen LogP contribution in [0.15, 0.2) is 11.6 Å². The molecule has 0 N–H and O–H groups in total. The van der Waals surface area contributed by atoms with Gasteiger partial charge in [-0.1, -0.05) is 0 Å². The van der Waals surface area contributed by atoms with Gasteiger partial charge < -0.3 is 0 Å². The molecule has 13 heavy (non-hydrogen) atoms. The lowest BCUT2D eigenvalue weighted by Crippen LogP contribution is -2.35. The van der Waals surface area contributed by atoms with Crippen LogP contribution < -0.4 is 0 Å². The molecule has 0 aromatic carbocycles. The van der Waals surface area contributed by atoms with E-state index in [1.807, 2.05) is 11.6 Å². The summed E-state index contributed by atoms with van der Waals surface area (Å²) in [6.45, 7) is 3.16. The molecule has 1 unspecified atom stereocenters. The molecular weight excluding hydrogens is 204 g/mol. The Morgan fingerprint density at radius 2 is 2.62 bits per heavy atom. The summed E-state index contributed by atoms with van der Waals surface area (Å²) in [6.07, 6.45) is 4.25. The third kappa shape index (κ3) is 2.66. The lowest BCUT2D eigenvalue weighted by Gasteiger charge is -2.28. The van der Waals surface area contributed by atoms with E-state index in [0.717, 1.165) is 19.5 Å². The zero-order valence-corrected chi connectivity index (χ0v) is 9.02. The Morgan fingerprint density at radius 3 is 3.31 bits per heavy atom. The highest BCUT2D eigenvalue weighted by molar-refractivity contribution is 7.09. The number of hydrogen-bond acceptors (Lipinski definition) is 3. The van der Waals surface area contributed by atoms with Crippen molar-refractivity contribution in [1.29, 1.82) is 0 Å². The predicted molar refractivity (Wildman–Crippen MR) is 56.3 cm³/mol. The second kappa shape index (κ2) is 4.40. The zero-order valence-electron chi connectivity index (χ0n) is 7.45. The van der Waals surface area contributed by atoms with E-state index >= 15 is 0 Å². The summed E-state index contributed by atoms with van der Waals surface area (Å²) in [5.41, 5.74) is 0. The van der Waals surface area contributed by atoms with Gasteiger partial charge in [-0.05, 0) is 19.4 Å². The number of aromatic nitrogens is 1. The third-order valence-corrected chi connectivity index (χ3v) is 3.41. The summed E-state index contributed by atoms with van der Waals surface area (Å²) in [6, 6.07) is 0. The van der Waals surface area contributed by atoms with E-state index in [2.05, 4.69) is 9.88 Å². The molecule has 1 atom stereocenters. The highest BCUT2D eigenvalue weighted by atomic mass is 35.5. The van der Waals surface area contributed by atoms with E-state index in [1.54, 1.807) is 11.3 Å². The second-order valence-corrected chi connectivity index (χ2v) is 5.00. The van der Waals surface area contributed by atoms with Gasteiger partial charge in [-0.15, -0.1) is 22.9 Å². The topological polar surface area (TPSA) is 16.1 Å². The highest BCUT2D eigenvalue weighted by Crippen LogP contribution is 2.17. The first kappa shape index (κ1) is 9.44. The summed E-state index contributed by atoms with van der Waals surface area (Å²) in [5, 5.41) is 3.57. The van der Waals surface area contributed by atoms with Crippen molar-refractivity contribution in [2.75, 3.05) is 13.1 Å². The zero-order chi connectivity index (χ0) is 9.10. The number of piperidine rings is 1. The van der Waals surface area contributed by atoms with Crippen LogP contribution in [0.5, 0.6) is 0 Å². The van der Waals surface area contributed by atoms with E-state index in [-0.39, 0.29) is 0 Å². The lowest BCUT2D eigenvalue weighted by molar-refractivity contribution is 0.224. The quantitative estimate of drug-likeness (QED) is 0.706. The fraction of sp³-hybridized carbons (Fsp3) is 0.667. The van der Waals surface area contributed by atoms with Gasteiger partial charge in [-0.2, -0.15) is 0 Å². The van der Waals surface area contributed by atoms with E-state index < -0.39 is 0 Å². The van der Waals surface area contributed by atoms with Crippen molar-refractivity contribution in [2.45, 2.75) is 24.8 Å². The smallest absolute Gasteiger partial charge is 0.107 e. The minimum absolute atomic E-state index is 0.341. The number of likely N-dealkylation sites (tertiary alicyclic amines) is 1. The molecule has 1 aromatic heterocycles. The van der Waals surface area contributed by atoms with Gasteiger partial charge in [0.15, 0.2) is 0 Å². The van der Waals surface area contributed by atoms with Gasteiger partial charge in [-0.25, -0.2) is 4.98 Å².